The van der Waals surface area contributed by atoms with Crippen molar-refractivity contribution in [3.63, 3.8) is 0 Å². The molecule has 2 aliphatic heterocycles. The number of alkyl carbamates (subject to hydrolysis) is 1. The van der Waals surface area contributed by atoms with E-state index in [-0.39, 0.29) is 42.4 Å². The minimum absolute atomic E-state index is 0.0179. The maximum atomic E-state index is 15.1. The molecule has 2 aromatic rings. The Morgan fingerprint density at radius 1 is 0.985 bits per heavy atom. The van der Waals surface area contributed by atoms with Crippen molar-refractivity contribution in [2.24, 2.45) is 17.8 Å². The summed E-state index contributed by atoms with van der Waals surface area (Å²) >= 11 is 0. The number of hydrogen-bond donors (Lipinski definition) is 3. The average molecular weight is 976 g/mol. The van der Waals surface area contributed by atoms with Crippen LogP contribution in [-0.4, -0.2) is 105 Å². The van der Waals surface area contributed by atoms with E-state index in [4.69, 9.17) is 23.6 Å². The fourth-order valence-corrected chi connectivity index (χ4v) is 12.8. The van der Waals surface area contributed by atoms with Gasteiger partial charge in [-0.2, -0.15) is 0 Å². The molecule has 0 unspecified atom stereocenters. The summed E-state index contributed by atoms with van der Waals surface area (Å²) in [6.45, 7) is 16.2. The van der Waals surface area contributed by atoms with Crippen molar-refractivity contribution in [3.8, 4) is 11.6 Å². The van der Waals surface area contributed by atoms with Gasteiger partial charge in [0.05, 0.1) is 29.5 Å². The highest BCUT2D eigenvalue weighted by Crippen LogP contribution is 2.46. The van der Waals surface area contributed by atoms with Crippen molar-refractivity contribution in [1.29, 1.82) is 0 Å². The summed E-state index contributed by atoms with van der Waals surface area (Å²) in [6.07, 6.45) is 14.8. The summed E-state index contributed by atoms with van der Waals surface area (Å²) in [7, 11) is -5.82. The van der Waals surface area contributed by atoms with Crippen molar-refractivity contribution in [1.82, 2.24) is 25.2 Å². The topological polar surface area (TPSA) is 192 Å². The number of aromatic nitrogens is 1. The Labute approximate surface area is 403 Å². The molecular formula is C51H73N5O10SSi. The van der Waals surface area contributed by atoms with Crippen LogP contribution in [0.25, 0.3) is 10.9 Å². The molecule has 2 bridgehead atoms. The first-order valence-corrected chi connectivity index (χ1v) is 29.6. The van der Waals surface area contributed by atoms with Crippen molar-refractivity contribution < 1.29 is 46.2 Å². The van der Waals surface area contributed by atoms with Gasteiger partial charge in [-0.25, -0.2) is 18.2 Å². The molecule has 372 valence electrons. The number of benzene rings is 1. The third kappa shape index (κ3) is 11.1. The number of fused-ring (bicyclic) bond motifs is 5. The van der Waals surface area contributed by atoms with Gasteiger partial charge in [-0.1, -0.05) is 64.0 Å². The molecule has 1 aromatic heterocycles. The van der Waals surface area contributed by atoms with Gasteiger partial charge >= 0.3 is 6.09 Å². The second kappa shape index (κ2) is 20.5. The molecule has 4 aliphatic carbocycles. The van der Waals surface area contributed by atoms with Gasteiger partial charge in [0.1, 0.15) is 35.6 Å². The maximum absolute atomic E-state index is 15.1. The van der Waals surface area contributed by atoms with E-state index >= 15 is 4.79 Å². The molecule has 8 rings (SSSR count). The molecule has 3 heterocycles. The molecule has 6 aliphatic rings. The summed E-state index contributed by atoms with van der Waals surface area (Å²) in [5, 5.41) is 6.19. The monoisotopic (exact) mass is 975 g/mol. The quantitative estimate of drug-likeness (QED) is 0.0952. The number of pyridine rings is 1. The van der Waals surface area contributed by atoms with Gasteiger partial charge < -0.3 is 34.2 Å². The zero-order valence-electron chi connectivity index (χ0n) is 40.7. The average Bonchev–Trinajstić information content (AvgIpc) is 4.08. The Balaban J connectivity index is 1.12. The first kappa shape index (κ1) is 49.9. The number of nitrogens with zero attached hydrogens (tertiary/aromatic N) is 2. The van der Waals surface area contributed by atoms with E-state index < -0.39 is 77.0 Å². The highest BCUT2D eigenvalue weighted by molar-refractivity contribution is 7.91. The summed E-state index contributed by atoms with van der Waals surface area (Å²) in [4.78, 5) is 64.0. The van der Waals surface area contributed by atoms with Crippen LogP contribution in [0.3, 0.4) is 0 Å². The number of para-hydroxylation sites is 1. The second-order valence-corrected chi connectivity index (χ2v) is 28.4. The lowest BCUT2D eigenvalue weighted by Gasteiger charge is -2.36. The van der Waals surface area contributed by atoms with E-state index in [0.29, 0.717) is 49.6 Å². The van der Waals surface area contributed by atoms with E-state index in [2.05, 4.69) is 68.0 Å². The molecule has 3 N–H and O–H groups in total. The molecule has 1 aromatic carbocycles. The minimum Gasteiger partial charge on any atom is -0.492 e. The van der Waals surface area contributed by atoms with Crippen molar-refractivity contribution in [3.05, 3.63) is 54.6 Å². The zero-order valence-corrected chi connectivity index (χ0v) is 42.5. The van der Waals surface area contributed by atoms with Crippen LogP contribution < -0.4 is 24.8 Å². The third-order valence-electron chi connectivity index (χ3n) is 15.8. The van der Waals surface area contributed by atoms with E-state index in [9.17, 15) is 22.8 Å². The number of allylic oxidation sites excluding steroid dienone is 2. The number of nitrogens with one attached hydrogen (secondary N) is 3. The molecule has 15 nitrogen and oxygen atoms in total. The van der Waals surface area contributed by atoms with Crippen molar-refractivity contribution >= 4 is 53.1 Å². The molecular weight excluding hydrogens is 903 g/mol. The van der Waals surface area contributed by atoms with Crippen molar-refractivity contribution in [2.75, 3.05) is 19.8 Å². The summed E-state index contributed by atoms with van der Waals surface area (Å²) in [6, 6.07) is 5.68. The van der Waals surface area contributed by atoms with E-state index in [0.717, 1.165) is 81.6 Å². The highest BCUT2D eigenvalue weighted by atomic mass is 32.2. The maximum Gasteiger partial charge on any atom is 0.408 e. The molecule has 5 fully saturated rings. The number of carbonyl (C=O) groups is 4. The Morgan fingerprint density at radius 3 is 2.44 bits per heavy atom. The predicted octanol–water partition coefficient (Wildman–Crippen LogP) is 7.78. The number of sulfonamides is 1. The molecule has 4 amide bonds. The Morgan fingerprint density at radius 2 is 1.72 bits per heavy atom. The Hall–Kier alpha value is -4.48. The Kier molecular flexibility index (Phi) is 15.0. The standard InChI is InChI=1S/C51H73N5O10SSi/c1-7-35-31-51(35,48(59)55-67(61,62)37-26-27-37)54-45(57)41-30-36-32-56(41)47(58)43(34-19-11-12-20-34)53-49(60)66-42-25-17-21-33(42)18-9-8-10-23-39-44(38-22-13-14-24-40(38)52-46(39)65-36)63-28-15-16-29-64-68(5,6)50(2,3)4/h7-8,10,13-14,22,24,33-37,41-43H,1,9,11-12,15-21,23,25-32H2,2-6H3,(H,53,60)(H,54,57)(H,55,59)/t33-,35-,36-,41+,42-,43+,51-/m1/s1. The van der Waals surface area contributed by atoms with Crippen molar-refractivity contribution in [2.45, 2.75) is 177 Å². The molecule has 0 spiro atoms. The molecule has 4 saturated carbocycles. The fraction of sp³-hybridized carbons (Fsp3) is 0.667. The van der Waals surface area contributed by atoms with Crippen LogP contribution in [-0.2, 0) is 40.0 Å². The van der Waals surface area contributed by atoms with Crippen LogP contribution in [0.15, 0.2) is 49.1 Å². The molecule has 1 saturated heterocycles. The van der Waals surface area contributed by atoms with Gasteiger partial charge in [-0.3, -0.25) is 19.1 Å². The lowest BCUT2D eigenvalue weighted by molar-refractivity contribution is -0.142. The Bertz CT molecular complexity index is 2360. The van der Waals surface area contributed by atoms with Gasteiger partial charge in [0.25, 0.3) is 5.91 Å². The van der Waals surface area contributed by atoms with Crippen LogP contribution >= 0.6 is 0 Å². The van der Waals surface area contributed by atoms with E-state index in [1.54, 1.807) is 0 Å². The first-order chi connectivity index (χ1) is 32.4. The fourth-order valence-electron chi connectivity index (χ4n) is 10.4. The van der Waals surface area contributed by atoms with E-state index in [1.165, 1.54) is 11.0 Å². The number of hydrogen-bond acceptors (Lipinski definition) is 11. The van der Waals surface area contributed by atoms with Crippen LogP contribution in [0.2, 0.25) is 18.1 Å². The number of rotatable bonds is 14. The lowest BCUT2D eigenvalue weighted by atomic mass is 9.96. The number of carbonyl (C=O) groups excluding carboxylic acids is 4. The van der Waals surface area contributed by atoms with Gasteiger partial charge in [-0.15, -0.1) is 6.58 Å². The highest BCUT2D eigenvalue weighted by Gasteiger charge is 2.62. The summed E-state index contributed by atoms with van der Waals surface area (Å²) < 4.78 is 54.3. The van der Waals surface area contributed by atoms with E-state index in [1.807, 2.05) is 24.3 Å². The largest absolute Gasteiger partial charge is 0.492 e. The third-order valence-corrected chi connectivity index (χ3v) is 22.1. The number of ether oxygens (including phenoxy) is 3. The SMILES string of the molecule is C=C[C@@H]1C[C@]1(NC(=O)[C@@H]1C[C@@H]2CN1C(=O)[C@H](C1CCCC1)NC(=O)O[C@@H]1CCC[C@H]1CCC=CCc1c(nc3ccccc3c1OCCCCO[Si](C)(C)C(C)(C)C)O2)C(=O)NS(=O)(=O)C1CC1. The predicted molar refractivity (Wildman–Crippen MR) is 262 cm³/mol. The minimum atomic E-state index is -3.92. The van der Waals surface area contributed by atoms with Crippen LogP contribution in [0.4, 0.5) is 4.79 Å². The summed E-state index contributed by atoms with van der Waals surface area (Å²) in [5.41, 5.74) is -0.140. The normalized spacial score (nSPS) is 28.3. The molecule has 0 radical (unpaired) electrons. The number of amides is 4. The molecule has 17 heteroatoms. The summed E-state index contributed by atoms with van der Waals surface area (Å²) in [5.74, 6) is -1.42. The van der Waals surface area contributed by atoms with Crippen LogP contribution in [0.5, 0.6) is 11.6 Å². The zero-order chi connectivity index (χ0) is 48.4. The van der Waals surface area contributed by atoms with Crippen LogP contribution in [0, 0.1) is 17.8 Å². The molecule has 68 heavy (non-hydrogen) atoms. The smallest absolute Gasteiger partial charge is 0.408 e. The van der Waals surface area contributed by atoms with Gasteiger partial charge in [0.2, 0.25) is 27.7 Å². The molecule has 7 atom stereocenters. The van der Waals surface area contributed by atoms with Gasteiger partial charge in [0, 0.05) is 24.3 Å². The number of unbranched alkanes of at least 4 members (excludes halogenated alkanes) is 1. The second-order valence-electron chi connectivity index (χ2n) is 21.6. The lowest BCUT2D eigenvalue weighted by Crippen LogP contribution is -2.59. The first-order valence-electron chi connectivity index (χ1n) is 25.2. The van der Waals surface area contributed by atoms with Crippen LogP contribution in [0.1, 0.15) is 123 Å². The van der Waals surface area contributed by atoms with Gasteiger partial charge in [0.15, 0.2) is 8.32 Å². The van der Waals surface area contributed by atoms with Gasteiger partial charge in [-0.05, 0) is 126 Å².